The molecule has 2 N–H and O–H groups in total. The maximum atomic E-state index is 12.3. The van der Waals surface area contributed by atoms with Crippen LogP contribution in [0.5, 0.6) is 0 Å². The highest BCUT2D eigenvalue weighted by Crippen LogP contribution is 2.33. The van der Waals surface area contributed by atoms with Crippen LogP contribution in [0.3, 0.4) is 0 Å². The molecule has 6 heteroatoms. The number of hydrogen-bond acceptors (Lipinski definition) is 4. The Kier molecular flexibility index (Phi) is 6.22. The first-order valence-corrected chi connectivity index (χ1v) is 10.1. The minimum Gasteiger partial charge on any atom is -0.316 e. The van der Waals surface area contributed by atoms with E-state index in [4.69, 9.17) is 0 Å². The Morgan fingerprint density at radius 3 is 2.76 bits per heavy atom. The molecule has 120 valence electrons. The molecule has 1 aliphatic carbocycles. The second kappa shape index (κ2) is 7.72. The summed E-state index contributed by atoms with van der Waals surface area (Å²) in [5, 5.41) is 3.33. The summed E-state index contributed by atoms with van der Waals surface area (Å²) in [6, 6.07) is 3.68. The van der Waals surface area contributed by atoms with Crippen LogP contribution in [-0.4, -0.2) is 27.5 Å². The van der Waals surface area contributed by atoms with Gasteiger partial charge in [0.1, 0.15) is 4.21 Å². The Bertz CT molecular complexity index is 536. The van der Waals surface area contributed by atoms with Crippen molar-refractivity contribution in [2.24, 2.45) is 5.92 Å². The molecule has 1 atom stereocenters. The Morgan fingerprint density at radius 2 is 2.10 bits per heavy atom. The molecule has 1 fully saturated rings. The fraction of sp³-hybridized carbons (Fsp3) is 0.733. The van der Waals surface area contributed by atoms with Gasteiger partial charge < -0.3 is 5.32 Å². The summed E-state index contributed by atoms with van der Waals surface area (Å²) in [4.78, 5) is 1.12. The van der Waals surface area contributed by atoms with E-state index in [1.165, 1.54) is 24.2 Å². The predicted octanol–water partition coefficient (Wildman–Crippen LogP) is 2.76. The van der Waals surface area contributed by atoms with E-state index in [2.05, 4.69) is 17.0 Å². The molecule has 1 aliphatic rings. The molecule has 0 spiro atoms. The first-order valence-electron chi connectivity index (χ1n) is 7.83. The maximum Gasteiger partial charge on any atom is 0.250 e. The van der Waals surface area contributed by atoms with Gasteiger partial charge >= 0.3 is 0 Å². The highest BCUT2D eigenvalue weighted by Gasteiger charge is 2.26. The molecule has 0 bridgehead atoms. The second-order valence-corrected chi connectivity index (χ2v) is 9.03. The van der Waals surface area contributed by atoms with Gasteiger partial charge in [-0.25, -0.2) is 13.1 Å². The Hall–Kier alpha value is -0.430. The smallest absolute Gasteiger partial charge is 0.250 e. The van der Waals surface area contributed by atoms with E-state index in [1.807, 2.05) is 13.0 Å². The summed E-state index contributed by atoms with van der Waals surface area (Å²) in [5.41, 5.74) is 0. The lowest BCUT2D eigenvalue weighted by Gasteiger charge is -2.12. The zero-order chi connectivity index (χ0) is 15.3. The van der Waals surface area contributed by atoms with Crippen LogP contribution in [0.4, 0.5) is 0 Å². The summed E-state index contributed by atoms with van der Waals surface area (Å²) in [6.07, 6.45) is 5.46. The zero-order valence-corrected chi connectivity index (χ0v) is 14.5. The third-order valence-corrected chi connectivity index (χ3v) is 6.84. The molecule has 0 aromatic carbocycles. The summed E-state index contributed by atoms with van der Waals surface area (Å²) in [7, 11) is -3.34. The molecule has 1 unspecified atom stereocenters. The van der Waals surface area contributed by atoms with Gasteiger partial charge in [-0.3, -0.25) is 0 Å². The van der Waals surface area contributed by atoms with Crippen molar-refractivity contribution in [1.29, 1.82) is 0 Å². The molecule has 4 nitrogen and oxygen atoms in total. The van der Waals surface area contributed by atoms with Crippen molar-refractivity contribution in [3.63, 3.8) is 0 Å². The van der Waals surface area contributed by atoms with Crippen LogP contribution in [0.1, 0.15) is 44.4 Å². The van der Waals surface area contributed by atoms with Gasteiger partial charge in [0.05, 0.1) is 0 Å². The maximum absolute atomic E-state index is 12.3. The van der Waals surface area contributed by atoms with Crippen molar-refractivity contribution in [2.75, 3.05) is 13.1 Å². The van der Waals surface area contributed by atoms with Gasteiger partial charge in [-0.1, -0.05) is 19.8 Å². The van der Waals surface area contributed by atoms with Crippen molar-refractivity contribution >= 4 is 21.4 Å². The van der Waals surface area contributed by atoms with E-state index in [0.717, 1.165) is 43.1 Å². The molecule has 21 heavy (non-hydrogen) atoms. The average Bonchev–Trinajstić information content (AvgIpc) is 3.07. The van der Waals surface area contributed by atoms with Gasteiger partial charge in [-0.05, 0) is 57.3 Å². The molecule has 0 saturated heterocycles. The lowest BCUT2D eigenvalue weighted by Crippen LogP contribution is -2.32. The van der Waals surface area contributed by atoms with Crippen LogP contribution >= 0.6 is 11.3 Å². The Labute approximate surface area is 132 Å². The highest BCUT2D eigenvalue weighted by atomic mass is 32.2. The second-order valence-electron chi connectivity index (χ2n) is 5.92. The minimum absolute atomic E-state index is 0.0271. The standard InChI is InChI=1S/C15H26N2O2S2/c1-3-9-16-10-8-14-6-7-15(20-14)21(18,19)17-12(2)11-13-4-5-13/h6-7,12-13,16-17H,3-5,8-11H2,1-2H3. The van der Waals surface area contributed by atoms with Crippen molar-refractivity contribution in [2.45, 2.75) is 56.2 Å². The van der Waals surface area contributed by atoms with E-state index in [-0.39, 0.29) is 6.04 Å². The van der Waals surface area contributed by atoms with Crippen molar-refractivity contribution in [3.05, 3.63) is 17.0 Å². The van der Waals surface area contributed by atoms with Crippen molar-refractivity contribution < 1.29 is 8.42 Å². The Balaban J connectivity index is 1.85. The molecule has 0 amide bonds. The van der Waals surface area contributed by atoms with Crippen LogP contribution in [-0.2, 0) is 16.4 Å². The number of nitrogens with one attached hydrogen (secondary N) is 2. The molecule has 1 heterocycles. The molecule has 1 aromatic rings. The van der Waals surface area contributed by atoms with E-state index in [9.17, 15) is 8.42 Å². The first-order chi connectivity index (χ1) is 10.0. The minimum atomic E-state index is -3.34. The van der Waals surface area contributed by atoms with Gasteiger partial charge in [-0.15, -0.1) is 11.3 Å². The van der Waals surface area contributed by atoms with Gasteiger partial charge in [0.25, 0.3) is 0 Å². The van der Waals surface area contributed by atoms with Gasteiger partial charge in [0, 0.05) is 10.9 Å². The van der Waals surface area contributed by atoms with Crippen LogP contribution in [0, 0.1) is 5.92 Å². The number of sulfonamides is 1. The fourth-order valence-electron chi connectivity index (χ4n) is 2.37. The van der Waals surface area contributed by atoms with Crippen LogP contribution in [0.2, 0.25) is 0 Å². The quantitative estimate of drug-likeness (QED) is 0.649. The molecule has 0 aliphatic heterocycles. The summed E-state index contributed by atoms with van der Waals surface area (Å²) < 4.78 is 27.9. The third kappa shape index (κ3) is 5.70. The first kappa shape index (κ1) is 16.9. The average molecular weight is 331 g/mol. The van der Waals surface area contributed by atoms with Crippen molar-refractivity contribution in [3.8, 4) is 0 Å². The SMILES string of the molecule is CCCNCCc1ccc(S(=O)(=O)NC(C)CC2CC2)s1. The van der Waals surface area contributed by atoms with Crippen molar-refractivity contribution in [1.82, 2.24) is 10.0 Å². The topological polar surface area (TPSA) is 58.2 Å². The van der Waals surface area contributed by atoms with E-state index >= 15 is 0 Å². The highest BCUT2D eigenvalue weighted by molar-refractivity contribution is 7.91. The van der Waals surface area contributed by atoms with Gasteiger partial charge in [0.2, 0.25) is 10.0 Å². The zero-order valence-electron chi connectivity index (χ0n) is 12.9. The van der Waals surface area contributed by atoms with Gasteiger partial charge in [-0.2, -0.15) is 0 Å². The number of hydrogen-bond donors (Lipinski definition) is 2. The van der Waals surface area contributed by atoms with Crippen LogP contribution < -0.4 is 10.0 Å². The summed E-state index contributed by atoms with van der Waals surface area (Å²) in [5.74, 6) is 0.728. The summed E-state index contributed by atoms with van der Waals surface area (Å²) >= 11 is 1.38. The molecular weight excluding hydrogens is 304 g/mol. The monoisotopic (exact) mass is 330 g/mol. The normalized spacial score (nSPS) is 17.0. The van der Waals surface area contributed by atoms with E-state index in [0.29, 0.717) is 4.21 Å². The Morgan fingerprint density at radius 1 is 1.33 bits per heavy atom. The number of rotatable bonds is 10. The third-order valence-electron chi connectivity index (χ3n) is 3.62. The van der Waals surface area contributed by atoms with Crippen LogP contribution in [0.15, 0.2) is 16.3 Å². The van der Waals surface area contributed by atoms with E-state index < -0.39 is 10.0 Å². The molecule has 1 saturated carbocycles. The van der Waals surface area contributed by atoms with Gasteiger partial charge in [0.15, 0.2) is 0 Å². The predicted molar refractivity (Wildman–Crippen MR) is 88.3 cm³/mol. The summed E-state index contributed by atoms with van der Waals surface area (Å²) in [6.45, 7) is 6.01. The molecule has 0 radical (unpaired) electrons. The largest absolute Gasteiger partial charge is 0.316 e. The number of thiophene rings is 1. The van der Waals surface area contributed by atoms with Crippen LogP contribution in [0.25, 0.3) is 0 Å². The lowest BCUT2D eigenvalue weighted by atomic mass is 10.2. The molecule has 2 rings (SSSR count). The molecular formula is C15H26N2O2S2. The van der Waals surface area contributed by atoms with E-state index in [1.54, 1.807) is 6.07 Å². The fourth-order valence-corrected chi connectivity index (χ4v) is 5.00. The molecule has 1 aromatic heterocycles. The lowest BCUT2D eigenvalue weighted by molar-refractivity contribution is 0.531.